The minimum atomic E-state index is -0.393. The van der Waals surface area contributed by atoms with Gasteiger partial charge in [-0.15, -0.1) is 0 Å². The van der Waals surface area contributed by atoms with Crippen molar-refractivity contribution < 1.29 is 9.53 Å². The van der Waals surface area contributed by atoms with E-state index >= 15 is 0 Å². The lowest BCUT2D eigenvalue weighted by molar-refractivity contribution is -0.138. The first-order chi connectivity index (χ1) is 4.31. The summed E-state index contributed by atoms with van der Waals surface area (Å²) in [7, 11) is 0. The number of rotatable bonds is 4. The van der Waals surface area contributed by atoms with Gasteiger partial charge in [0.05, 0.1) is 0 Å². The second-order valence-corrected chi connectivity index (χ2v) is 1.42. The average molecular weight is 129 g/mol. The van der Waals surface area contributed by atoms with Crippen molar-refractivity contribution in [2.75, 3.05) is 13.3 Å². The smallest absolute Gasteiger partial charge is 0.331 e. The standard InChI is InChI=1S/C6H11NO2/c1-3-6(8)9-5-7-4-2/h3,7H,1,4-5H2,2H3. The fraction of sp³-hybridized carbons (Fsp3) is 0.500. The van der Waals surface area contributed by atoms with Crippen LogP contribution in [0, 0.1) is 0 Å². The van der Waals surface area contributed by atoms with Gasteiger partial charge in [0, 0.05) is 6.08 Å². The van der Waals surface area contributed by atoms with E-state index in [1.165, 1.54) is 0 Å². The van der Waals surface area contributed by atoms with E-state index in [4.69, 9.17) is 0 Å². The van der Waals surface area contributed by atoms with E-state index in [0.29, 0.717) is 0 Å². The third-order valence-corrected chi connectivity index (χ3v) is 0.733. The van der Waals surface area contributed by atoms with Crippen LogP contribution >= 0.6 is 0 Å². The maximum absolute atomic E-state index is 10.3. The molecule has 0 spiro atoms. The van der Waals surface area contributed by atoms with E-state index in [1.807, 2.05) is 6.92 Å². The first-order valence-corrected chi connectivity index (χ1v) is 2.81. The van der Waals surface area contributed by atoms with Gasteiger partial charge in [0.15, 0.2) is 0 Å². The van der Waals surface area contributed by atoms with Gasteiger partial charge >= 0.3 is 5.97 Å². The van der Waals surface area contributed by atoms with Crippen molar-refractivity contribution in [2.24, 2.45) is 0 Å². The summed E-state index contributed by atoms with van der Waals surface area (Å²) in [5.41, 5.74) is 0. The van der Waals surface area contributed by atoms with Crippen LogP contribution in [0.3, 0.4) is 0 Å². The molecule has 0 bridgehead atoms. The molecule has 0 unspecified atom stereocenters. The number of carbonyl (C=O) groups excluding carboxylic acids is 1. The zero-order chi connectivity index (χ0) is 7.11. The molecule has 0 saturated carbocycles. The third kappa shape index (κ3) is 5.03. The molecule has 0 aliphatic heterocycles. The summed E-state index contributed by atoms with van der Waals surface area (Å²) in [6.45, 7) is 6.23. The molecule has 0 heterocycles. The van der Waals surface area contributed by atoms with Crippen LogP contribution in [0.25, 0.3) is 0 Å². The van der Waals surface area contributed by atoms with Gasteiger partial charge in [-0.05, 0) is 6.54 Å². The van der Waals surface area contributed by atoms with Gasteiger partial charge in [-0.25, -0.2) is 4.79 Å². The van der Waals surface area contributed by atoms with E-state index < -0.39 is 5.97 Å². The zero-order valence-electron chi connectivity index (χ0n) is 5.52. The number of carbonyl (C=O) groups is 1. The predicted molar refractivity (Wildman–Crippen MR) is 34.8 cm³/mol. The second-order valence-electron chi connectivity index (χ2n) is 1.42. The molecule has 52 valence electrons. The third-order valence-electron chi connectivity index (χ3n) is 0.733. The molecule has 0 fully saturated rings. The highest BCUT2D eigenvalue weighted by Crippen LogP contribution is 1.74. The van der Waals surface area contributed by atoms with Crippen molar-refractivity contribution in [3.8, 4) is 0 Å². The Morgan fingerprint density at radius 2 is 2.56 bits per heavy atom. The van der Waals surface area contributed by atoms with E-state index in [0.717, 1.165) is 12.6 Å². The van der Waals surface area contributed by atoms with Crippen molar-refractivity contribution in [2.45, 2.75) is 6.92 Å². The molecule has 0 saturated heterocycles. The zero-order valence-corrected chi connectivity index (χ0v) is 5.52. The Hall–Kier alpha value is -0.830. The van der Waals surface area contributed by atoms with Crippen LogP contribution < -0.4 is 5.32 Å². The predicted octanol–water partition coefficient (Wildman–Crippen LogP) is 0.283. The van der Waals surface area contributed by atoms with E-state index in [-0.39, 0.29) is 6.73 Å². The van der Waals surface area contributed by atoms with Crippen molar-refractivity contribution in [1.82, 2.24) is 5.32 Å². The monoisotopic (exact) mass is 129 g/mol. The number of hydrogen-bond acceptors (Lipinski definition) is 3. The molecule has 1 N–H and O–H groups in total. The summed E-state index contributed by atoms with van der Waals surface area (Å²) in [4.78, 5) is 10.3. The fourth-order valence-corrected chi connectivity index (χ4v) is 0.283. The normalized spacial score (nSPS) is 8.56. The largest absolute Gasteiger partial charge is 0.447 e. The van der Waals surface area contributed by atoms with Crippen LogP contribution in [0.2, 0.25) is 0 Å². The number of hydrogen-bond donors (Lipinski definition) is 1. The van der Waals surface area contributed by atoms with Crippen LogP contribution in [0.5, 0.6) is 0 Å². The molecular weight excluding hydrogens is 118 g/mol. The molecule has 0 aromatic rings. The molecule has 0 radical (unpaired) electrons. The lowest BCUT2D eigenvalue weighted by Gasteiger charge is -1.99. The number of esters is 1. The maximum Gasteiger partial charge on any atom is 0.331 e. The summed E-state index contributed by atoms with van der Waals surface area (Å²) < 4.78 is 4.56. The van der Waals surface area contributed by atoms with Crippen LogP contribution in [0.1, 0.15) is 6.92 Å². The minimum absolute atomic E-state index is 0.265. The number of ether oxygens (including phenoxy) is 1. The Labute approximate surface area is 54.7 Å². The van der Waals surface area contributed by atoms with E-state index in [1.54, 1.807) is 0 Å². The molecule has 0 aliphatic carbocycles. The summed E-state index contributed by atoms with van der Waals surface area (Å²) >= 11 is 0. The summed E-state index contributed by atoms with van der Waals surface area (Å²) in [5, 5.41) is 2.82. The van der Waals surface area contributed by atoms with Crippen molar-refractivity contribution in [3.63, 3.8) is 0 Å². The van der Waals surface area contributed by atoms with Crippen LogP contribution in [-0.4, -0.2) is 19.2 Å². The van der Waals surface area contributed by atoms with E-state index in [2.05, 4.69) is 16.6 Å². The van der Waals surface area contributed by atoms with E-state index in [9.17, 15) is 4.79 Å². The van der Waals surface area contributed by atoms with Gasteiger partial charge in [-0.2, -0.15) is 0 Å². The SMILES string of the molecule is C=CC(=O)OCNCC. The molecule has 0 aromatic heterocycles. The molecule has 0 atom stereocenters. The molecule has 3 nitrogen and oxygen atoms in total. The molecule has 0 aliphatic rings. The van der Waals surface area contributed by atoms with Gasteiger partial charge in [0.1, 0.15) is 6.73 Å². The van der Waals surface area contributed by atoms with Gasteiger partial charge in [-0.1, -0.05) is 13.5 Å². The van der Waals surface area contributed by atoms with Crippen molar-refractivity contribution in [3.05, 3.63) is 12.7 Å². The second kappa shape index (κ2) is 5.31. The lowest BCUT2D eigenvalue weighted by Crippen LogP contribution is -2.19. The van der Waals surface area contributed by atoms with Gasteiger partial charge in [0.25, 0.3) is 0 Å². The molecule has 3 heteroatoms. The highest BCUT2D eigenvalue weighted by Gasteiger charge is 1.90. The Bertz CT molecular complexity index is 101. The number of nitrogens with one attached hydrogen (secondary N) is 1. The molecule has 0 rings (SSSR count). The Balaban J connectivity index is 3.07. The Morgan fingerprint density at radius 1 is 1.89 bits per heavy atom. The summed E-state index contributed by atoms with van der Waals surface area (Å²) in [6, 6.07) is 0. The minimum Gasteiger partial charge on any atom is -0.447 e. The quantitative estimate of drug-likeness (QED) is 0.256. The average Bonchev–Trinajstić information content (AvgIpc) is 1.89. The topological polar surface area (TPSA) is 38.3 Å². The highest BCUT2D eigenvalue weighted by atomic mass is 16.5. The first kappa shape index (κ1) is 8.17. The summed E-state index contributed by atoms with van der Waals surface area (Å²) in [5.74, 6) is -0.393. The Kier molecular flexibility index (Phi) is 4.82. The van der Waals surface area contributed by atoms with Crippen LogP contribution in [-0.2, 0) is 9.53 Å². The first-order valence-electron chi connectivity index (χ1n) is 2.81. The maximum atomic E-state index is 10.3. The Morgan fingerprint density at radius 3 is 3.00 bits per heavy atom. The van der Waals surface area contributed by atoms with Crippen LogP contribution in [0.15, 0.2) is 12.7 Å². The molecule has 9 heavy (non-hydrogen) atoms. The lowest BCUT2D eigenvalue weighted by atomic mass is 10.7. The molecule has 0 amide bonds. The van der Waals surface area contributed by atoms with Gasteiger partial charge in [0.2, 0.25) is 0 Å². The molecular formula is C6H11NO2. The fourth-order valence-electron chi connectivity index (χ4n) is 0.283. The van der Waals surface area contributed by atoms with Crippen molar-refractivity contribution in [1.29, 1.82) is 0 Å². The van der Waals surface area contributed by atoms with Crippen molar-refractivity contribution >= 4 is 5.97 Å². The summed E-state index contributed by atoms with van der Waals surface area (Å²) in [6.07, 6.45) is 1.14. The van der Waals surface area contributed by atoms with Gasteiger partial charge in [-0.3, -0.25) is 5.32 Å². The van der Waals surface area contributed by atoms with Crippen LogP contribution in [0.4, 0.5) is 0 Å². The van der Waals surface area contributed by atoms with Gasteiger partial charge < -0.3 is 4.74 Å². The molecule has 0 aromatic carbocycles. The highest BCUT2D eigenvalue weighted by molar-refractivity contribution is 5.81.